The first-order valence-corrected chi connectivity index (χ1v) is 6.19. The summed E-state index contributed by atoms with van der Waals surface area (Å²) in [5.41, 5.74) is 0.780. The number of aryl methyl sites for hydroxylation is 1. The molecule has 1 aliphatic heterocycles. The van der Waals surface area contributed by atoms with Crippen molar-refractivity contribution in [2.24, 2.45) is 0 Å². The van der Waals surface area contributed by atoms with Gasteiger partial charge in [0.1, 0.15) is 0 Å². The monoisotopic (exact) mass is 251 g/mol. The molecule has 0 aliphatic carbocycles. The first kappa shape index (κ1) is 11.8. The highest BCUT2D eigenvalue weighted by molar-refractivity contribution is 7.09. The summed E-state index contributed by atoms with van der Waals surface area (Å²) in [5, 5.41) is 5.53. The van der Waals surface area contributed by atoms with Gasteiger partial charge in [-0.05, 0) is 13.0 Å². The van der Waals surface area contributed by atoms with Crippen LogP contribution < -0.4 is 5.32 Å². The van der Waals surface area contributed by atoms with Gasteiger partial charge in [0.2, 0.25) is 11.8 Å². The second kappa shape index (κ2) is 5.09. The van der Waals surface area contributed by atoms with Crippen LogP contribution in [0.25, 0.3) is 6.08 Å². The van der Waals surface area contributed by atoms with Gasteiger partial charge in [0.05, 0.1) is 17.2 Å². The average molecular weight is 251 g/mol. The molecule has 1 aromatic rings. The fourth-order valence-corrected chi connectivity index (χ4v) is 2.13. The highest BCUT2D eigenvalue weighted by atomic mass is 32.1. The Kier molecular flexibility index (Phi) is 3.53. The third kappa shape index (κ3) is 3.13. The van der Waals surface area contributed by atoms with Crippen molar-refractivity contribution in [2.75, 3.05) is 19.6 Å². The summed E-state index contributed by atoms with van der Waals surface area (Å²) in [6, 6.07) is 0. The van der Waals surface area contributed by atoms with Gasteiger partial charge < -0.3 is 10.2 Å². The van der Waals surface area contributed by atoms with E-state index in [4.69, 9.17) is 0 Å². The molecule has 0 spiro atoms. The first-order chi connectivity index (χ1) is 8.15. The molecule has 0 unspecified atom stereocenters. The van der Waals surface area contributed by atoms with Gasteiger partial charge in [-0.2, -0.15) is 0 Å². The molecule has 1 aromatic heterocycles. The molecule has 2 heterocycles. The van der Waals surface area contributed by atoms with E-state index in [-0.39, 0.29) is 18.4 Å². The van der Waals surface area contributed by atoms with Gasteiger partial charge >= 0.3 is 0 Å². The fraction of sp³-hybridized carbons (Fsp3) is 0.364. The van der Waals surface area contributed by atoms with E-state index in [1.807, 2.05) is 12.3 Å². The minimum Gasteiger partial charge on any atom is -0.353 e. The number of carbonyl (C=O) groups is 2. The molecule has 2 rings (SSSR count). The zero-order valence-corrected chi connectivity index (χ0v) is 10.3. The van der Waals surface area contributed by atoms with E-state index < -0.39 is 0 Å². The van der Waals surface area contributed by atoms with E-state index in [0.29, 0.717) is 13.1 Å². The Balaban J connectivity index is 1.96. The van der Waals surface area contributed by atoms with Crippen LogP contribution in [0.4, 0.5) is 0 Å². The number of hydrogen-bond acceptors (Lipinski definition) is 4. The van der Waals surface area contributed by atoms with Crippen LogP contribution in [-0.4, -0.2) is 41.3 Å². The number of hydrogen-bond donors (Lipinski definition) is 1. The molecule has 1 saturated heterocycles. The van der Waals surface area contributed by atoms with Crippen molar-refractivity contribution in [3.63, 3.8) is 0 Å². The molecule has 0 aromatic carbocycles. The van der Waals surface area contributed by atoms with Gasteiger partial charge in [-0.15, -0.1) is 11.3 Å². The van der Waals surface area contributed by atoms with Crippen LogP contribution >= 0.6 is 11.3 Å². The van der Waals surface area contributed by atoms with Gasteiger partial charge in [-0.3, -0.25) is 9.59 Å². The lowest BCUT2D eigenvalue weighted by atomic mass is 10.3. The fourth-order valence-electron chi connectivity index (χ4n) is 1.55. The normalized spacial score (nSPS) is 16.3. The third-order valence-corrected chi connectivity index (χ3v) is 3.18. The van der Waals surface area contributed by atoms with Crippen LogP contribution in [0.3, 0.4) is 0 Å². The van der Waals surface area contributed by atoms with E-state index in [1.165, 1.54) is 11.0 Å². The topological polar surface area (TPSA) is 62.3 Å². The predicted octanol–water partition coefficient (Wildman–Crippen LogP) is 0.423. The maximum Gasteiger partial charge on any atom is 0.247 e. The number of rotatable bonds is 2. The van der Waals surface area contributed by atoms with Crippen molar-refractivity contribution in [3.05, 3.63) is 22.2 Å². The molecule has 0 saturated carbocycles. The van der Waals surface area contributed by atoms with Gasteiger partial charge in [0, 0.05) is 24.5 Å². The van der Waals surface area contributed by atoms with Gasteiger partial charge in [0.25, 0.3) is 0 Å². The number of aromatic nitrogens is 1. The number of carbonyl (C=O) groups excluding carboxylic acids is 2. The lowest BCUT2D eigenvalue weighted by molar-refractivity contribution is -0.134. The summed E-state index contributed by atoms with van der Waals surface area (Å²) in [5.74, 6) is -0.256. The number of nitrogens with zero attached hydrogens (tertiary/aromatic N) is 2. The van der Waals surface area contributed by atoms with Crippen molar-refractivity contribution < 1.29 is 9.59 Å². The lowest BCUT2D eigenvalue weighted by Crippen LogP contribution is -2.49. The SMILES string of the molecule is Cc1nc(/C=C/C(=O)N2CCNC(=O)C2)cs1. The molecule has 90 valence electrons. The minimum atomic E-state index is -0.148. The average Bonchev–Trinajstić information content (AvgIpc) is 2.72. The first-order valence-electron chi connectivity index (χ1n) is 5.31. The Bertz CT molecular complexity index is 467. The lowest BCUT2D eigenvalue weighted by Gasteiger charge is -2.25. The summed E-state index contributed by atoms with van der Waals surface area (Å²) < 4.78 is 0. The molecule has 1 N–H and O–H groups in total. The van der Waals surface area contributed by atoms with E-state index in [1.54, 1.807) is 17.4 Å². The second-order valence-electron chi connectivity index (χ2n) is 3.73. The molecular weight excluding hydrogens is 238 g/mol. The van der Waals surface area contributed by atoms with Crippen molar-refractivity contribution >= 4 is 29.2 Å². The Morgan fingerprint density at radius 2 is 2.47 bits per heavy atom. The van der Waals surface area contributed by atoms with Crippen LogP contribution in [0, 0.1) is 6.92 Å². The molecule has 0 bridgehead atoms. The van der Waals surface area contributed by atoms with Crippen LogP contribution in [0.15, 0.2) is 11.5 Å². The smallest absolute Gasteiger partial charge is 0.247 e. The third-order valence-electron chi connectivity index (χ3n) is 2.38. The zero-order chi connectivity index (χ0) is 12.3. The second-order valence-corrected chi connectivity index (χ2v) is 4.80. The maximum atomic E-state index is 11.8. The van der Waals surface area contributed by atoms with Crippen molar-refractivity contribution in [1.29, 1.82) is 0 Å². The van der Waals surface area contributed by atoms with Crippen molar-refractivity contribution in [2.45, 2.75) is 6.92 Å². The summed E-state index contributed by atoms with van der Waals surface area (Å²) in [7, 11) is 0. The van der Waals surface area contributed by atoms with E-state index in [9.17, 15) is 9.59 Å². The number of thiazole rings is 1. The van der Waals surface area contributed by atoms with Crippen molar-refractivity contribution in [3.8, 4) is 0 Å². The summed E-state index contributed by atoms with van der Waals surface area (Å²) in [4.78, 5) is 28.6. The summed E-state index contributed by atoms with van der Waals surface area (Å²) in [6.45, 7) is 3.14. The molecule has 1 fully saturated rings. The standard InChI is InChI=1S/C11H13N3O2S/c1-8-13-9(7-17-8)2-3-11(16)14-5-4-12-10(15)6-14/h2-3,7H,4-6H2,1H3,(H,12,15)/b3-2+. The number of nitrogens with one attached hydrogen (secondary N) is 1. The van der Waals surface area contributed by atoms with E-state index in [0.717, 1.165) is 10.7 Å². The number of amides is 2. The Hall–Kier alpha value is -1.69. The van der Waals surface area contributed by atoms with Crippen LogP contribution in [0.2, 0.25) is 0 Å². The highest BCUT2D eigenvalue weighted by Gasteiger charge is 2.18. The van der Waals surface area contributed by atoms with Crippen LogP contribution in [-0.2, 0) is 9.59 Å². The number of piperazine rings is 1. The molecule has 6 heteroatoms. The van der Waals surface area contributed by atoms with Gasteiger partial charge in [-0.25, -0.2) is 4.98 Å². The predicted molar refractivity (Wildman–Crippen MR) is 65.5 cm³/mol. The Morgan fingerprint density at radius 1 is 1.65 bits per heavy atom. The van der Waals surface area contributed by atoms with Crippen molar-refractivity contribution in [1.82, 2.24) is 15.2 Å². The van der Waals surface area contributed by atoms with Crippen LogP contribution in [0.1, 0.15) is 10.7 Å². The molecule has 0 atom stereocenters. The van der Waals surface area contributed by atoms with Crippen LogP contribution in [0.5, 0.6) is 0 Å². The summed E-state index contributed by atoms with van der Waals surface area (Å²) >= 11 is 1.54. The van der Waals surface area contributed by atoms with E-state index >= 15 is 0 Å². The molecule has 0 radical (unpaired) electrons. The maximum absolute atomic E-state index is 11.8. The highest BCUT2D eigenvalue weighted by Crippen LogP contribution is 2.09. The quantitative estimate of drug-likeness (QED) is 0.775. The Morgan fingerprint density at radius 3 is 3.12 bits per heavy atom. The summed E-state index contributed by atoms with van der Waals surface area (Å²) in [6.07, 6.45) is 3.14. The molecule has 5 nitrogen and oxygen atoms in total. The molecule has 1 aliphatic rings. The largest absolute Gasteiger partial charge is 0.353 e. The molecular formula is C11H13N3O2S. The zero-order valence-electron chi connectivity index (χ0n) is 9.47. The minimum absolute atomic E-state index is 0.109. The van der Waals surface area contributed by atoms with E-state index in [2.05, 4.69) is 10.3 Å². The van der Waals surface area contributed by atoms with Gasteiger partial charge in [-0.1, -0.05) is 0 Å². The Labute approximate surface area is 103 Å². The van der Waals surface area contributed by atoms with Gasteiger partial charge in [0.15, 0.2) is 0 Å². The molecule has 2 amide bonds. The molecule has 17 heavy (non-hydrogen) atoms.